The highest BCUT2D eigenvalue weighted by Crippen LogP contribution is 2.32. The van der Waals surface area contributed by atoms with Crippen LogP contribution < -0.4 is 25.2 Å². The molecule has 32 heavy (non-hydrogen) atoms. The lowest BCUT2D eigenvalue weighted by atomic mass is 10.2. The molecule has 11 heteroatoms. The van der Waals surface area contributed by atoms with Crippen molar-refractivity contribution in [3.05, 3.63) is 52.9 Å². The van der Waals surface area contributed by atoms with Gasteiger partial charge in [0.05, 0.1) is 36.8 Å². The summed E-state index contributed by atoms with van der Waals surface area (Å²) in [5.74, 6) is -0.144. The van der Waals surface area contributed by atoms with Gasteiger partial charge in [0.25, 0.3) is 11.8 Å². The lowest BCUT2D eigenvalue weighted by molar-refractivity contribution is 0.0991. The number of methoxy groups -OCH3 is 1. The third-order valence-electron chi connectivity index (χ3n) is 5.43. The zero-order chi connectivity index (χ0) is 22.1. The number of pyridine rings is 2. The molecular weight excluding hydrogens is 430 g/mol. The van der Waals surface area contributed by atoms with Crippen molar-refractivity contribution in [2.75, 3.05) is 48.4 Å². The second kappa shape index (κ2) is 8.52. The highest BCUT2D eigenvalue weighted by atomic mass is 32.1. The predicted molar refractivity (Wildman–Crippen MR) is 121 cm³/mol. The zero-order valence-electron chi connectivity index (χ0n) is 17.4. The number of ether oxygens (including phenoxy) is 1. The van der Waals surface area contributed by atoms with Gasteiger partial charge in [0, 0.05) is 55.6 Å². The molecule has 3 aromatic heterocycles. The molecule has 0 radical (unpaired) electrons. The topological polar surface area (TPSA) is 113 Å². The molecule has 2 N–H and O–H groups in total. The van der Waals surface area contributed by atoms with E-state index in [1.54, 1.807) is 34.9 Å². The smallest absolute Gasteiger partial charge is 0.275 e. The van der Waals surface area contributed by atoms with E-state index in [2.05, 4.69) is 30.5 Å². The molecule has 0 aliphatic carbocycles. The number of amides is 2. The van der Waals surface area contributed by atoms with Gasteiger partial charge < -0.3 is 20.3 Å². The van der Waals surface area contributed by atoms with Crippen LogP contribution in [0.25, 0.3) is 0 Å². The average Bonchev–Trinajstić information content (AvgIpc) is 3.45. The number of carbonyl (C=O) groups is 2. The van der Waals surface area contributed by atoms with Gasteiger partial charge in [0.1, 0.15) is 5.69 Å². The number of hydrogen-bond acceptors (Lipinski definition) is 9. The first kappa shape index (κ1) is 20.3. The van der Waals surface area contributed by atoms with Gasteiger partial charge in [0.2, 0.25) is 5.88 Å². The number of nitrogens with one attached hydrogen (secondary N) is 2. The number of nitrogens with zero attached hydrogens (tertiary/aromatic N) is 5. The van der Waals surface area contributed by atoms with Crippen molar-refractivity contribution < 1.29 is 14.3 Å². The predicted octanol–water partition coefficient (Wildman–Crippen LogP) is 1.76. The lowest BCUT2D eigenvalue weighted by Crippen LogP contribution is -2.43. The van der Waals surface area contributed by atoms with E-state index < -0.39 is 0 Å². The second-order valence-corrected chi connectivity index (χ2v) is 8.21. The largest absolute Gasteiger partial charge is 0.481 e. The summed E-state index contributed by atoms with van der Waals surface area (Å²) < 4.78 is 5.11. The molecule has 0 spiro atoms. The van der Waals surface area contributed by atoms with Crippen molar-refractivity contribution in [2.45, 2.75) is 6.54 Å². The van der Waals surface area contributed by atoms with Crippen molar-refractivity contribution in [1.29, 1.82) is 0 Å². The normalized spacial score (nSPS) is 15.6. The fourth-order valence-electron chi connectivity index (χ4n) is 3.79. The van der Waals surface area contributed by atoms with Crippen LogP contribution in [0.2, 0.25) is 0 Å². The van der Waals surface area contributed by atoms with Crippen molar-refractivity contribution >= 4 is 39.7 Å². The minimum absolute atomic E-state index is 0.185. The molecule has 0 bridgehead atoms. The molecule has 0 atom stereocenters. The maximum atomic E-state index is 12.9. The van der Waals surface area contributed by atoms with Crippen molar-refractivity contribution in [3.8, 4) is 5.88 Å². The van der Waals surface area contributed by atoms with Crippen molar-refractivity contribution in [2.24, 2.45) is 0 Å². The maximum absolute atomic E-state index is 12.9. The summed E-state index contributed by atoms with van der Waals surface area (Å²) >= 11 is 1.25. The SMILES string of the molecule is COc1cc2c(cn1)CN(c1nc(C(=O)Nc3cnccc3N3CCNCC3)cs1)C2=O. The fraction of sp³-hybridized carbons (Fsp3) is 0.286. The van der Waals surface area contributed by atoms with E-state index in [9.17, 15) is 9.59 Å². The molecule has 3 aromatic rings. The van der Waals surface area contributed by atoms with Gasteiger partial charge in [-0.05, 0) is 6.07 Å². The van der Waals surface area contributed by atoms with Crippen LogP contribution in [0.4, 0.5) is 16.5 Å². The number of carbonyl (C=O) groups excluding carboxylic acids is 2. The number of thiazole rings is 1. The third-order valence-corrected chi connectivity index (χ3v) is 6.30. The highest BCUT2D eigenvalue weighted by Gasteiger charge is 2.32. The summed E-state index contributed by atoms with van der Waals surface area (Å²) in [4.78, 5) is 42.2. The first-order valence-electron chi connectivity index (χ1n) is 10.2. The van der Waals surface area contributed by atoms with Crippen LogP contribution in [-0.2, 0) is 6.54 Å². The molecule has 0 unspecified atom stereocenters. The van der Waals surface area contributed by atoms with Crippen molar-refractivity contribution in [3.63, 3.8) is 0 Å². The number of anilines is 3. The molecule has 5 heterocycles. The summed E-state index contributed by atoms with van der Waals surface area (Å²) in [5.41, 5.74) is 3.15. The lowest BCUT2D eigenvalue weighted by Gasteiger charge is -2.30. The monoisotopic (exact) mass is 451 g/mol. The fourth-order valence-corrected chi connectivity index (χ4v) is 4.59. The van der Waals surface area contributed by atoms with Crippen LogP contribution >= 0.6 is 11.3 Å². The Hall–Kier alpha value is -3.57. The van der Waals surface area contributed by atoms with Gasteiger partial charge in [-0.2, -0.15) is 0 Å². The number of hydrogen-bond donors (Lipinski definition) is 2. The Morgan fingerprint density at radius 3 is 2.94 bits per heavy atom. The third kappa shape index (κ3) is 3.76. The number of rotatable bonds is 5. The van der Waals surface area contributed by atoms with Crippen LogP contribution in [0.15, 0.2) is 36.1 Å². The summed E-state index contributed by atoms with van der Waals surface area (Å²) in [7, 11) is 1.51. The van der Waals surface area contributed by atoms with Gasteiger partial charge in [-0.1, -0.05) is 0 Å². The van der Waals surface area contributed by atoms with Crippen LogP contribution in [0.3, 0.4) is 0 Å². The Kier molecular flexibility index (Phi) is 5.41. The van der Waals surface area contributed by atoms with Gasteiger partial charge in [0.15, 0.2) is 5.13 Å². The minimum Gasteiger partial charge on any atom is -0.481 e. The number of aromatic nitrogens is 3. The Morgan fingerprint density at radius 1 is 1.28 bits per heavy atom. The van der Waals surface area contributed by atoms with Gasteiger partial charge >= 0.3 is 0 Å². The van der Waals surface area contributed by atoms with Crippen LogP contribution in [0.1, 0.15) is 26.4 Å². The van der Waals surface area contributed by atoms with Gasteiger partial charge in [-0.3, -0.25) is 19.5 Å². The Morgan fingerprint density at radius 2 is 2.12 bits per heavy atom. The summed E-state index contributed by atoms with van der Waals surface area (Å²) in [6.07, 6.45) is 4.99. The molecule has 1 saturated heterocycles. The molecule has 2 amide bonds. The second-order valence-electron chi connectivity index (χ2n) is 7.37. The molecule has 164 valence electrons. The Labute approximate surface area is 188 Å². The van der Waals surface area contributed by atoms with E-state index in [0.717, 1.165) is 37.4 Å². The standard InChI is InChI=1S/C21H21N7O3S/c1-31-18-8-14-13(9-24-18)11-28(20(14)30)21-26-16(12-32-21)19(29)25-15-10-23-3-2-17(15)27-6-4-22-5-7-27/h2-3,8-10,12,22H,4-7,11H2,1H3,(H,25,29). The Balaban J connectivity index is 1.33. The quantitative estimate of drug-likeness (QED) is 0.604. The number of piperazine rings is 1. The maximum Gasteiger partial charge on any atom is 0.275 e. The molecule has 2 aliphatic rings. The van der Waals surface area contributed by atoms with E-state index in [1.165, 1.54) is 18.4 Å². The van der Waals surface area contributed by atoms with Gasteiger partial charge in [-0.25, -0.2) is 9.97 Å². The zero-order valence-corrected chi connectivity index (χ0v) is 18.2. The van der Waals surface area contributed by atoms with Crippen LogP contribution in [0.5, 0.6) is 5.88 Å². The summed E-state index contributed by atoms with van der Waals surface area (Å²) in [5, 5.41) is 8.36. The molecule has 5 rings (SSSR count). The molecule has 1 fully saturated rings. The van der Waals surface area contributed by atoms with Crippen LogP contribution in [0, 0.1) is 0 Å². The van der Waals surface area contributed by atoms with Crippen LogP contribution in [-0.4, -0.2) is 60.1 Å². The molecular formula is C21H21N7O3S. The van der Waals surface area contributed by atoms with E-state index in [0.29, 0.717) is 28.8 Å². The molecule has 2 aliphatic heterocycles. The first-order valence-corrected chi connectivity index (χ1v) is 11.0. The highest BCUT2D eigenvalue weighted by molar-refractivity contribution is 7.14. The van der Waals surface area contributed by atoms with Gasteiger partial charge in [-0.15, -0.1) is 11.3 Å². The van der Waals surface area contributed by atoms with E-state index in [4.69, 9.17) is 4.74 Å². The molecule has 0 aromatic carbocycles. The Bertz CT molecular complexity index is 1180. The average molecular weight is 452 g/mol. The molecule has 0 saturated carbocycles. The summed E-state index contributed by atoms with van der Waals surface area (Å²) in [6, 6.07) is 3.52. The first-order chi connectivity index (χ1) is 15.6. The van der Waals surface area contributed by atoms with E-state index in [-0.39, 0.29) is 17.5 Å². The van der Waals surface area contributed by atoms with E-state index >= 15 is 0 Å². The van der Waals surface area contributed by atoms with Crippen molar-refractivity contribution in [1.82, 2.24) is 20.3 Å². The minimum atomic E-state index is -0.343. The summed E-state index contributed by atoms with van der Waals surface area (Å²) in [6.45, 7) is 3.84. The molecule has 10 nitrogen and oxygen atoms in total. The van der Waals surface area contributed by atoms with E-state index in [1.807, 2.05) is 6.07 Å². The number of fused-ring (bicyclic) bond motifs is 1.